The van der Waals surface area contributed by atoms with Gasteiger partial charge in [0.05, 0.1) is 0 Å². The van der Waals surface area contributed by atoms with Crippen molar-refractivity contribution in [3.8, 4) is 0 Å². The minimum absolute atomic E-state index is 0.751. The monoisotopic (exact) mass is 300 g/mol. The van der Waals surface area contributed by atoms with Gasteiger partial charge in [-0.1, -0.05) is 13.8 Å². The van der Waals surface area contributed by atoms with Crippen molar-refractivity contribution in [2.45, 2.75) is 26.7 Å². The SMILES string of the molecule is CN=C(NCCSC)NCC1CCCN(CC(C)C)C1. The number of rotatable bonds is 7. The van der Waals surface area contributed by atoms with Crippen LogP contribution in [0.5, 0.6) is 0 Å². The predicted octanol–water partition coefficient (Wildman–Crippen LogP) is 1.88. The van der Waals surface area contributed by atoms with E-state index in [1.807, 2.05) is 18.8 Å². The van der Waals surface area contributed by atoms with Gasteiger partial charge in [0.2, 0.25) is 0 Å². The van der Waals surface area contributed by atoms with Gasteiger partial charge in [-0.25, -0.2) is 0 Å². The number of hydrogen-bond donors (Lipinski definition) is 2. The number of guanidine groups is 1. The molecule has 118 valence electrons. The van der Waals surface area contributed by atoms with Crippen molar-refractivity contribution < 1.29 is 0 Å². The number of likely N-dealkylation sites (tertiary alicyclic amines) is 1. The summed E-state index contributed by atoms with van der Waals surface area (Å²) in [6.07, 6.45) is 4.80. The first kappa shape index (κ1) is 17.6. The van der Waals surface area contributed by atoms with Gasteiger partial charge < -0.3 is 15.5 Å². The van der Waals surface area contributed by atoms with Gasteiger partial charge in [-0.3, -0.25) is 4.99 Å². The lowest BCUT2D eigenvalue weighted by Gasteiger charge is -2.34. The topological polar surface area (TPSA) is 39.7 Å². The highest BCUT2D eigenvalue weighted by Gasteiger charge is 2.20. The van der Waals surface area contributed by atoms with Crippen molar-refractivity contribution in [3.63, 3.8) is 0 Å². The molecule has 0 aromatic heterocycles. The predicted molar refractivity (Wildman–Crippen MR) is 91.7 cm³/mol. The third-order valence-corrected chi connectivity index (χ3v) is 4.22. The summed E-state index contributed by atoms with van der Waals surface area (Å²) < 4.78 is 0. The van der Waals surface area contributed by atoms with E-state index in [1.165, 1.54) is 32.5 Å². The highest BCUT2D eigenvalue weighted by molar-refractivity contribution is 7.98. The van der Waals surface area contributed by atoms with E-state index in [0.717, 1.165) is 36.6 Å². The molecule has 0 spiro atoms. The minimum atomic E-state index is 0.751. The van der Waals surface area contributed by atoms with E-state index in [1.54, 1.807) is 0 Å². The van der Waals surface area contributed by atoms with Crippen molar-refractivity contribution >= 4 is 17.7 Å². The lowest BCUT2D eigenvalue weighted by atomic mass is 9.97. The average molecular weight is 301 g/mol. The molecule has 20 heavy (non-hydrogen) atoms. The quantitative estimate of drug-likeness (QED) is 0.428. The lowest BCUT2D eigenvalue weighted by Crippen LogP contribution is -2.45. The van der Waals surface area contributed by atoms with Crippen molar-refractivity contribution in [1.29, 1.82) is 0 Å². The normalized spacial score (nSPS) is 21.2. The van der Waals surface area contributed by atoms with Crippen LogP contribution in [0.3, 0.4) is 0 Å². The molecule has 2 N–H and O–H groups in total. The summed E-state index contributed by atoms with van der Waals surface area (Å²) in [5.41, 5.74) is 0. The summed E-state index contributed by atoms with van der Waals surface area (Å²) in [6.45, 7) is 10.4. The molecule has 0 radical (unpaired) electrons. The van der Waals surface area contributed by atoms with Gasteiger partial charge in [-0.05, 0) is 37.5 Å². The average Bonchev–Trinajstić information content (AvgIpc) is 2.42. The number of aliphatic imine (C=N–C) groups is 1. The molecule has 1 atom stereocenters. The first-order chi connectivity index (χ1) is 9.65. The summed E-state index contributed by atoms with van der Waals surface area (Å²) in [7, 11) is 1.85. The Labute approximate surface area is 129 Å². The molecule has 1 aliphatic rings. The van der Waals surface area contributed by atoms with Crippen LogP contribution in [0.1, 0.15) is 26.7 Å². The molecule has 5 heteroatoms. The second kappa shape index (κ2) is 10.3. The molecule has 1 saturated heterocycles. The largest absolute Gasteiger partial charge is 0.356 e. The first-order valence-electron chi connectivity index (χ1n) is 7.81. The van der Waals surface area contributed by atoms with E-state index in [9.17, 15) is 0 Å². The third kappa shape index (κ3) is 7.39. The molecule has 1 unspecified atom stereocenters. The zero-order valence-electron chi connectivity index (χ0n) is 13.6. The number of piperidine rings is 1. The van der Waals surface area contributed by atoms with Crippen LogP contribution < -0.4 is 10.6 Å². The van der Waals surface area contributed by atoms with Gasteiger partial charge in [-0.15, -0.1) is 0 Å². The molecule has 0 aromatic carbocycles. The van der Waals surface area contributed by atoms with Gasteiger partial charge in [0.15, 0.2) is 5.96 Å². The van der Waals surface area contributed by atoms with Crippen LogP contribution in [0, 0.1) is 11.8 Å². The van der Waals surface area contributed by atoms with E-state index < -0.39 is 0 Å². The Morgan fingerprint density at radius 3 is 2.85 bits per heavy atom. The standard InChI is InChI=1S/C15H32N4S/c1-13(2)11-19-8-5-6-14(12-19)10-18-15(16-3)17-7-9-20-4/h13-14H,5-12H2,1-4H3,(H2,16,17,18). The van der Waals surface area contributed by atoms with Gasteiger partial charge in [0.1, 0.15) is 0 Å². The Balaban J connectivity index is 2.25. The molecular weight excluding hydrogens is 268 g/mol. The summed E-state index contributed by atoms with van der Waals surface area (Å²) >= 11 is 1.85. The van der Waals surface area contributed by atoms with Crippen LogP contribution in [0.4, 0.5) is 0 Å². The van der Waals surface area contributed by atoms with E-state index in [-0.39, 0.29) is 0 Å². The molecule has 0 amide bonds. The molecule has 1 rings (SSSR count). The van der Waals surface area contributed by atoms with Crippen LogP contribution in [-0.2, 0) is 0 Å². The Bertz CT molecular complexity index is 281. The zero-order chi connectivity index (χ0) is 14.8. The number of thioether (sulfide) groups is 1. The van der Waals surface area contributed by atoms with Crippen LogP contribution in [0.15, 0.2) is 4.99 Å². The summed E-state index contributed by atoms with van der Waals surface area (Å²) in [6, 6.07) is 0. The van der Waals surface area contributed by atoms with Gasteiger partial charge in [-0.2, -0.15) is 11.8 Å². The smallest absolute Gasteiger partial charge is 0.191 e. The Kier molecular flexibility index (Phi) is 9.10. The molecule has 0 aromatic rings. The van der Waals surface area contributed by atoms with Crippen LogP contribution in [-0.4, -0.2) is 62.6 Å². The highest BCUT2D eigenvalue weighted by atomic mass is 32.2. The minimum Gasteiger partial charge on any atom is -0.356 e. The number of nitrogens with zero attached hydrogens (tertiary/aromatic N) is 2. The fourth-order valence-corrected chi connectivity index (χ4v) is 3.04. The van der Waals surface area contributed by atoms with Crippen molar-refractivity contribution in [2.75, 3.05) is 51.8 Å². The molecule has 1 fully saturated rings. The van der Waals surface area contributed by atoms with E-state index in [2.05, 4.69) is 40.6 Å². The van der Waals surface area contributed by atoms with Crippen LogP contribution >= 0.6 is 11.8 Å². The zero-order valence-corrected chi connectivity index (χ0v) is 14.4. The van der Waals surface area contributed by atoms with E-state index in [4.69, 9.17) is 0 Å². The molecule has 0 saturated carbocycles. The second-order valence-electron chi connectivity index (χ2n) is 6.03. The summed E-state index contributed by atoms with van der Waals surface area (Å²) in [4.78, 5) is 6.90. The Hall–Kier alpha value is -0.420. The highest BCUT2D eigenvalue weighted by Crippen LogP contribution is 2.16. The fourth-order valence-electron chi connectivity index (χ4n) is 2.73. The molecule has 0 bridgehead atoms. The lowest BCUT2D eigenvalue weighted by molar-refractivity contribution is 0.159. The van der Waals surface area contributed by atoms with Crippen LogP contribution in [0.25, 0.3) is 0 Å². The van der Waals surface area contributed by atoms with Gasteiger partial charge >= 0.3 is 0 Å². The molecule has 4 nitrogen and oxygen atoms in total. The third-order valence-electron chi connectivity index (χ3n) is 3.61. The molecular formula is C15H32N4S. The summed E-state index contributed by atoms with van der Waals surface area (Å²) in [5.74, 6) is 3.58. The number of hydrogen-bond acceptors (Lipinski definition) is 3. The first-order valence-corrected chi connectivity index (χ1v) is 9.21. The van der Waals surface area contributed by atoms with E-state index >= 15 is 0 Å². The van der Waals surface area contributed by atoms with Gasteiger partial charge in [0.25, 0.3) is 0 Å². The molecule has 1 aliphatic heterocycles. The van der Waals surface area contributed by atoms with Crippen molar-refractivity contribution in [1.82, 2.24) is 15.5 Å². The Morgan fingerprint density at radius 2 is 2.20 bits per heavy atom. The maximum Gasteiger partial charge on any atom is 0.191 e. The van der Waals surface area contributed by atoms with Crippen molar-refractivity contribution in [2.24, 2.45) is 16.8 Å². The molecule has 0 aliphatic carbocycles. The maximum absolute atomic E-state index is 4.28. The maximum atomic E-state index is 4.28. The summed E-state index contributed by atoms with van der Waals surface area (Å²) in [5, 5.41) is 6.83. The number of nitrogens with one attached hydrogen (secondary N) is 2. The second-order valence-corrected chi connectivity index (χ2v) is 7.02. The molecule has 1 heterocycles. The van der Waals surface area contributed by atoms with Crippen molar-refractivity contribution in [3.05, 3.63) is 0 Å². The van der Waals surface area contributed by atoms with Crippen LogP contribution in [0.2, 0.25) is 0 Å². The van der Waals surface area contributed by atoms with Gasteiger partial charge in [0, 0.05) is 39.0 Å². The Morgan fingerprint density at radius 1 is 1.40 bits per heavy atom. The fraction of sp³-hybridized carbons (Fsp3) is 0.933. The van der Waals surface area contributed by atoms with E-state index in [0.29, 0.717) is 0 Å².